The van der Waals surface area contributed by atoms with Crippen LogP contribution in [0.2, 0.25) is 0 Å². The van der Waals surface area contributed by atoms with Crippen molar-refractivity contribution in [2.75, 3.05) is 12.4 Å². The molecule has 0 amide bonds. The van der Waals surface area contributed by atoms with Crippen molar-refractivity contribution in [1.82, 2.24) is 4.98 Å². The summed E-state index contributed by atoms with van der Waals surface area (Å²) in [7, 11) is 1.60. The Morgan fingerprint density at radius 3 is 2.81 bits per heavy atom. The summed E-state index contributed by atoms with van der Waals surface area (Å²) in [6, 6.07) is 15.5. The van der Waals surface area contributed by atoms with E-state index in [0.717, 1.165) is 22.1 Å². The lowest BCUT2D eigenvalue weighted by molar-refractivity contribution is -0.139. The van der Waals surface area contributed by atoms with Crippen molar-refractivity contribution in [2.45, 2.75) is 13.5 Å². The van der Waals surface area contributed by atoms with Gasteiger partial charge in [0.15, 0.2) is 5.13 Å². The van der Waals surface area contributed by atoms with Crippen molar-refractivity contribution in [3.8, 4) is 5.75 Å². The van der Waals surface area contributed by atoms with Gasteiger partial charge in [0.25, 0.3) is 0 Å². The number of nitrogens with one attached hydrogen (secondary N) is 1. The first-order valence-corrected chi connectivity index (χ1v) is 9.27. The fourth-order valence-electron chi connectivity index (χ4n) is 2.29. The van der Waals surface area contributed by atoms with Gasteiger partial charge >= 0.3 is 5.97 Å². The van der Waals surface area contributed by atoms with Crippen molar-refractivity contribution in [3.63, 3.8) is 0 Å². The van der Waals surface area contributed by atoms with E-state index in [1.807, 2.05) is 60.8 Å². The average molecular weight is 380 g/mol. The second-order valence-electron chi connectivity index (χ2n) is 5.85. The Bertz CT molecular complexity index is 933. The molecule has 5 nitrogen and oxygen atoms in total. The summed E-state index contributed by atoms with van der Waals surface area (Å²) in [5, 5.41) is 5.87. The predicted molar refractivity (Wildman–Crippen MR) is 108 cm³/mol. The van der Waals surface area contributed by atoms with Gasteiger partial charge in [-0.2, -0.15) is 0 Å². The third-order valence-corrected chi connectivity index (χ3v) is 4.53. The number of esters is 1. The van der Waals surface area contributed by atoms with Crippen molar-refractivity contribution < 1.29 is 14.3 Å². The van der Waals surface area contributed by atoms with Crippen LogP contribution in [0.15, 0.2) is 60.0 Å². The van der Waals surface area contributed by atoms with E-state index in [-0.39, 0.29) is 6.61 Å². The molecule has 0 atom stereocenters. The molecule has 0 aliphatic carbocycles. The summed E-state index contributed by atoms with van der Waals surface area (Å²) in [6.45, 7) is 2.18. The minimum atomic E-state index is -0.418. The number of carbonyl (C=O) groups excluding carboxylic acids is 1. The number of methoxy groups -OCH3 is 1. The Morgan fingerprint density at radius 1 is 1.22 bits per heavy atom. The first-order valence-electron chi connectivity index (χ1n) is 8.39. The zero-order valence-corrected chi connectivity index (χ0v) is 16.0. The maximum Gasteiger partial charge on any atom is 0.331 e. The summed E-state index contributed by atoms with van der Waals surface area (Å²) in [4.78, 5) is 16.3. The Kier molecular flexibility index (Phi) is 6.22. The SMILES string of the molecule is COc1cccc(/C=C/C(=O)OCc2csc(Nc3ccc(C)cc3)n2)c1. The molecule has 27 heavy (non-hydrogen) atoms. The molecule has 138 valence electrons. The summed E-state index contributed by atoms with van der Waals surface area (Å²) in [5.41, 5.74) is 3.75. The van der Waals surface area contributed by atoms with E-state index in [0.29, 0.717) is 5.69 Å². The highest BCUT2D eigenvalue weighted by Crippen LogP contribution is 2.21. The average Bonchev–Trinajstić information content (AvgIpc) is 3.14. The molecular formula is C21H20N2O3S. The van der Waals surface area contributed by atoms with Gasteiger partial charge < -0.3 is 14.8 Å². The van der Waals surface area contributed by atoms with Crippen LogP contribution in [0.1, 0.15) is 16.8 Å². The molecule has 1 heterocycles. The molecule has 3 rings (SSSR count). The smallest absolute Gasteiger partial charge is 0.331 e. The summed E-state index contributed by atoms with van der Waals surface area (Å²) >= 11 is 1.47. The van der Waals surface area contributed by atoms with Crippen LogP contribution in [0.3, 0.4) is 0 Å². The fraction of sp³-hybridized carbons (Fsp3) is 0.143. The van der Waals surface area contributed by atoms with Gasteiger partial charge in [0, 0.05) is 17.1 Å². The number of thiazole rings is 1. The monoisotopic (exact) mass is 380 g/mol. The molecule has 0 aliphatic rings. The first-order chi connectivity index (χ1) is 13.1. The van der Waals surface area contributed by atoms with Crippen molar-refractivity contribution in [2.24, 2.45) is 0 Å². The second-order valence-corrected chi connectivity index (χ2v) is 6.71. The van der Waals surface area contributed by atoms with E-state index in [9.17, 15) is 4.79 Å². The molecule has 0 saturated heterocycles. The van der Waals surface area contributed by atoms with Gasteiger partial charge in [-0.25, -0.2) is 9.78 Å². The Labute approximate surface area is 162 Å². The van der Waals surface area contributed by atoms with E-state index in [1.54, 1.807) is 13.2 Å². The third-order valence-electron chi connectivity index (χ3n) is 3.72. The molecule has 2 aromatic carbocycles. The van der Waals surface area contributed by atoms with Gasteiger partial charge in [-0.3, -0.25) is 0 Å². The zero-order chi connectivity index (χ0) is 19.1. The molecule has 0 bridgehead atoms. The highest BCUT2D eigenvalue weighted by molar-refractivity contribution is 7.13. The zero-order valence-electron chi connectivity index (χ0n) is 15.1. The number of hydrogen-bond acceptors (Lipinski definition) is 6. The van der Waals surface area contributed by atoms with Gasteiger partial charge in [0.2, 0.25) is 0 Å². The topological polar surface area (TPSA) is 60.5 Å². The Morgan fingerprint density at radius 2 is 2.04 bits per heavy atom. The molecule has 0 radical (unpaired) electrons. The Hall–Kier alpha value is -3.12. The van der Waals surface area contributed by atoms with Gasteiger partial charge in [-0.05, 0) is 42.8 Å². The number of nitrogens with zero attached hydrogens (tertiary/aromatic N) is 1. The normalized spacial score (nSPS) is 10.7. The number of carbonyl (C=O) groups is 1. The molecular weight excluding hydrogens is 360 g/mol. The van der Waals surface area contributed by atoms with Crippen LogP contribution in [-0.2, 0) is 16.1 Å². The van der Waals surface area contributed by atoms with E-state index >= 15 is 0 Å². The number of rotatable bonds is 7. The predicted octanol–water partition coefficient (Wildman–Crippen LogP) is 4.96. The van der Waals surface area contributed by atoms with Crippen molar-refractivity contribution >= 4 is 34.2 Å². The molecule has 0 aliphatic heterocycles. The summed E-state index contributed by atoms with van der Waals surface area (Å²) in [6.07, 6.45) is 3.09. The lowest BCUT2D eigenvalue weighted by atomic mass is 10.2. The molecule has 0 fully saturated rings. The molecule has 6 heteroatoms. The van der Waals surface area contributed by atoms with E-state index in [4.69, 9.17) is 9.47 Å². The van der Waals surface area contributed by atoms with Gasteiger partial charge in [-0.15, -0.1) is 11.3 Å². The standard InChI is InChI=1S/C21H20N2O3S/c1-15-6-9-17(10-7-15)22-21-23-18(14-27-21)13-26-20(24)11-8-16-4-3-5-19(12-16)25-2/h3-12,14H,13H2,1-2H3,(H,22,23)/b11-8+. The Balaban J connectivity index is 1.51. The van der Waals surface area contributed by atoms with Gasteiger partial charge in [0.05, 0.1) is 12.8 Å². The molecule has 1 aromatic heterocycles. The summed E-state index contributed by atoms with van der Waals surface area (Å²) < 4.78 is 10.4. The minimum Gasteiger partial charge on any atom is -0.497 e. The maximum absolute atomic E-state index is 11.9. The molecule has 3 aromatic rings. The second kappa shape index (κ2) is 9.00. The summed E-state index contributed by atoms with van der Waals surface area (Å²) in [5.74, 6) is 0.320. The first kappa shape index (κ1) is 18.7. The van der Waals surface area contributed by atoms with Crippen LogP contribution < -0.4 is 10.1 Å². The minimum absolute atomic E-state index is 0.132. The number of aryl methyl sites for hydroxylation is 1. The van der Waals surface area contributed by atoms with Crippen LogP contribution >= 0.6 is 11.3 Å². The van der Waals surface area contributed by atoms with Crippen molar-refractivity contribution in [1.29, 1.82) is 0 Å². The lowest BCUT2D eigenvalue weighted by Crippen LogP contribution is -2.01. The van der Waals surface area contributed by atoms with E-state index in [2.05, 4.69) is 10.3 Å². The van der Waals surface area contributed by atoms with Crippen LogP contribution in [-0.4, -0.2) is 18.1 Å². The number of anilines is 2. The number of ether oxygens (including phenoxy) is 2. The third kappa shape index (κ3) is 5.69. The largest absolute Gasteiger partial charge is 0.497 e. The molecule has 0 saturated carbocycles. The van der Waals surface area contributed by atoms with E-state index < -0.39 is 5.97 Å². The van der Waals surface area contributed by atoms with Crippen LogP contribution in [0.4, 0.5) is 10.8 Å². The molecule has 0 spiro atoms. The molecule has 0 unspecified atom stereocenters. The molecule has 1 N–H and O–H groups in total. The van der Waals surface area contributed by atoms with Crippen LogP contribution in [0, 0.1) is 6.92 Å². The van der Waals surface area contributed by atoms with Gasteiger partial charge in [-0.1, -0.05) is 29.8 Å². The lowest BCUT2D eigenvalue weighted by Gasteiger charge is -2.02. The quantitative estimate of drug-likeness (QED) is 0.464. The number of benzene rings is 2. The fourth-order valence-corrected chi connectivity index (χ4v) is 3.01. The van der Waals surface area contributed by atoms with Crippen molar-refractivity contribution in [3.05, 3.63) is 76.8 Å². The van der Waals surface area contributed by atoms with Gasteiger partial charge in [0.1, 0.15) is 12.4 Å². The number of aromatic nitrogens is 1. The number of hydrogen-bond donors (Lipinski definition) is 1. The highest BCUT2D eigenvalue weighted by Gasteiger charge is 2.05. The van der Waals surface area contributed by atoms with Crippen LogP contribution in [0.25, 0.3) is 6.08 Å². The van der Waals surface area contributed by atoms with E-state index in [1.165, 1.54) is 23.0 Å². The van der Waals surface area contributed by atoms with Crippen LogP contribution in [0.5, 0.6) is 5.75 Å². The highest BCUT2D eigenvalue weighted by atomic mass is 32.1. The maximum atomic E-state index is 11.9.